The summed E-state index contributed by atoms with van der Waals surface area (Å²) in [6.45, 7) is 0. The van der Waals surface area contributed by atoms with Crippen molar-refractivity contribution in [2.24, 2.45) is 0 Å². The zero-order valence-corrected chi connectivity index (χ0v) is 10.7. The zero-order valence-electron chi connectivity index (χ0n) is 9.89. The lowest BCUT2D eigenvalue weighted by atomic mass is 10.1. The molecule has 0 bridgehead atoms. The maximum atomic E-state index is 9.12. The van der Waals surface area contributed by atoms with Gasteiger partial charge in [-0.05, 0) is 5.56 Å². The summed E-state index contributed by atoms with van der Waals surface area (Å²) in [5.74, 6) is 0. The fraction of sp³-hybridized carbons (Fsp3) is 0.0769. The van der Waals surface area contributed by atoms with Crippen LogP contribution in [0.15, 0.2) is 41.9 Å². The maximum absolute atomic E-state index is 9.12. The van der Waals surface area contributed by atoms with Crippen LogP contribution in [0.3, 0.4) is 0 Å². The molecule has 0 fully saturated rings. The second-order valence-corrected chi connectivity index (χ2v) is 4.76. The number of rotatable bonds is 3. The average Bonchev–Trinajstić information content (AvgIpc) is 3.08. The van der Waals surface area contributed by atoms with E-state index in [1.165, 1.54) is 11.3 Å². The van der Waals surface area contributed by atoms with Crippen LogP contribution in [0.25, 0.3) is 5.13 Å². The molecule has 0 N–H and O–H groups in total. The van der Waals surface area contributed by atoms with Crippen molar-refractivity contribution in [1.82, 2.24) is 20.0 Å². The number of nitriles is 1. The van der Waals surface area contributed by atoms with Gasteiger partial charge < -0.3 is 0 Å². The van der Waals surface area contributed by atoms with E-state index in [0.717, 1.165) is 16.4 Å². The van der Waals surface area contributed by atoms with Gasteiger partial charge >= 0.3 is 0 Å². The van der Waals surface area contributed by atoms with Crippen molar-refractivity contribution in [1.29, 1.82) is 5.26 Å². The largest absolute Gasteiger partial charge is 0.227 e. The first-order valence-electron chi connectivity index (χ1n) is 5.67. The first kappa shape index (κ1) is 11.6. The fourth-order valence-electron chi connectivity index (χ4n) is 1.81. The second-order valence-electron chi connectivity index (χ2n) is 3.89. The topological polar surface area (TPSA) is 67.4 Å². The lowest BCUT2D eigenvalue weighted by Gasteiger charge is -2.03. The Balaban J connectivity index is 2.04. The predicted molar refractivity (Wildman–Crippen MR) is 71.0 cm³/mol. The molecule has 0 radical (unpaired) electrons. The molecule has 3 aromatic rings. The van der Waals surface area contributed by atoms with Crippen LogP contribution in [0.1, 0.15) is 17.0 Å². The number of hydrogen-bond donors (Lipinski definition) is 0. The van der Waals surface area contributed by atoms with Crippen LogP contribution in [0, 0.1) is 11.3 Å². The van der Waals surface area contributed by atoms with Crippen LogP contribution >= 0.6 is 11.3 Å². The van der Waals surface area contributed by atoms with E-state index in [0.29, 0.717) is 12.1 Å². The van der Waals surface area contributed by atoms with E-state index in [9.17, 15) is 0 Å². The molecule has 6 heteroatoms. The summed E-state index contributed by atoms with van der Waals surface area (Å²) in [6, 6.07) is 12.0. The molecule has 92 valence electrons. The summed E-state index contributed by atoms with van der Waals surface area (Å²) >= 11 is 1.46. The molecule has 0 saturated carbocycles. The van der Waals surface area contributed by atoms with E-state index in [-0.39, 0.29) is 0 Å². The van der Waals surface area contributed by atoms with Crippen LogP contribution in [0.5, 0.6) is 0 Å². The van der Waals surface area contributed by atoms with Crippen molar-refractivity contribution in [2.45, 2.75) is 6.42 Å². The molecule has 2 heterocycles. The molecule has 0 unspecified atom stereocenters. The highest BCUT2D eigenvalue weighted by Crippen LogP contribution is 2.18. The molecule has 0 aliphatic carbocycles. The molecule has 0 amide bonds. The minimum absolute atomic E-state index is 0.346. The van der Waals surface area contributed by atoms with Crippen LogP contribution < -0.4 is 0 Å². The van der Waals surface area contributed by atoms with Crippen molar-refractivity contribution < 1.29 is 0 Å². The number of thiazole rings is 1. The Morgan fingerprint density at radius 1 is 1.26 bits per heavy atom. The molecule has 0 aliphatic rings. The van der Waals surface area contributed by atoms with E-state index in [1.807, 2.05) is 35.7 Å². The van der Waals surface area contributed by atoms with E-state index in [4.69, 9.17) is 5.26 Å². The van der Waals surface area contributed by atoms with Gasteiger partial charge in [-0.1, -0.05) is 35.5 Å². The van der Waals surface area contributed by atoms with Gasteiger partial charge in [-0.25, -0.2) is 4.98 Å². The Labute approximate surface area is 113 Å². The minimum Gasteiger partial charge on any atom is -0.227 e. The van der Waals surface area contributed by atoms with E-state index >= 15 is 0 Å². The van der Waals surface area contributed by atoms with Crippen molar-refractivity contribution >= 4 is 11.3 Å². The number of hydrogen-bond acceptors (Lipinski definition) is 5. The number of nitrogens with zero attached hydrogens (tertiary/aromatic N) is 5. The average molecular weight is 267 g/mol. The third-order valence-corrected chi connectivity index (χ3v) is 3.43. The van der Waals surface area contributed by atoms with Gasteiger partial charge in [0.05, 0.1) is 5.69 Å². The fourth-order valence-corrected chi connectivity index (χ4v) is 2.42. The second kappa shape index (κ2) is 5.00. The van der Waals surface area contributed by atoms with Crippen LogP contribution in [0.2, 0.25) is 0 Å². The van der Waals surface area contributed by atoms with Gasteiger partial charge in [-0.2, -0.15) is 9.94 Å². The maximum Gasteiger partial charge on any atom is 0.211 e. The molecular weight excluding hydrogens is 258 g/mol. The van der Waals surface area contributed by atoms with Crippen LogP contribution in [-0.2, 0) is 6.42 Å². The highest BCUT2D eigenvalue weighted by Gasteiger charge is 2.15. The molecule has 1 aromatic carbocycles. The van der Waals surface area contributed by atoms with Gasteiger partial charge in [0.15, 0.2) is 5.69 Å². The Morgan fingerprint density at radius 3 is 2.79 bits per heavy atom. The molecule has 0 aliphatic heterocycles. The molecule has 3 rings (SSSR count). The molecule has 5 nitrogen and oxygen atoms in total. The summed E-state index contributed by atoms with van der Waals surface area (Å²) in [6.07, 6.45) is 2.32. The Bertz CT molecular complexity index is 709. The van der Waals surface area contributed by atoms with Crippen molar-refractivity contribution in [2.75, 3.05) is 0 Å². The van der Waals surface area contributed by atoms with Crippen molar-refractivity contribution in [3.8, 4) is 11.2 Å². The highest BCUT2D eigenvalue weighted by molar-refractivity contribution is 7.12. The minimum atomic E-state index is 0.346. The van der Waals surface area contributed by atoms with Gasteiger partial charge in [-0.15, -0.1) is 16.4 Å². The first-order valence-corrected chi connectivity index (χ1v) is 6.55. The van der Waals surface area contributed by atoms with Crippen molar-refractivity contribution in [3.63, 3.8) is 0 Å². The normalized spacial score (nSPS) is 10.3. The summed E-state index contributed by atoms with van der Waals surface area (Å²) in [5.41, 5.74) is 2.22. The summed E-state index contributed by atoms with van der Waals surface area (Å²) in [7, 11) is 0. The van der Waals surface area contributed by atoms with Crippen molar-refractivity contribution in [3.05, 3.63) is 58.9 Å². The lowest BCUT2D eigenvalue weighted by Crippen LogP contribution is -2.03. The molecule has 2 aromatic heterocycles. The first-order chi connectivity index (χ1) is 9.38. The lowest BCUT2D eigenvalue weighted by molar-refractivity contribution is 0.767. The zero-order chi connectivity index (χ0) is 13.1. The molecular formula is C13H9N5S. The van der Waals surface area contributed by atoms with Gasteiger partial charge in [0.2, 0.25) is 5.13 Å². The van der Waals surface area contributed by atoms with Crippen LogP contribution in [-0.4, -0.2) is 20.0 Å². The smallest absolute Gasteiger partial charge is 0.211 e. The van der Waals surface area contributed by atoms with Gasteiger partial charge in [0.1, 0.15) is 6.07 Å². The predicted octanol–water partition coefficient (Wildman–Crippen LogP) is 2.19. The number of aromatic nitrogens is 4. The van der Waals surface area contributed by atoms with E-state index < -0.39 is 0 Å². The summed E-state index contributed by atoms with van der Waals surface area (Å²) in [4.78, 5) is 4.21. The van der Waals surface area contributed by atoms with Gasteiger partial charge in [0, 0.05) is 18.0 Å². The number of benzene rings is 1. The molecule has 0 atom stereocenters. The SMILES string of the molecule is N#Cc1nnn(-c2nccs2)c1Cc1ccccc1. The summed E-state index contributed by atoms with van der Waals surface area (Å²) < 4.78 is 1.64. The molecule has 0 spiro atoms. The van der Waals surface area contributed by atoms with E-state index in [2.05, 4.69) is 21.4 Å². The Kier molecular flexibility index (Phi) is 3.04. The monoisotopic (exact) mass is 267 g/mol. The Morgan fingerprint density at radius 2 is 2.11 bits per heavy atom. The highest BCUT2D eigenvalue weighted by atomic mass is 32.1. The van der Waals surface area contributed by atoms with Crippen LogP contribution in [0.4, 0.5) is 0 Å². The summed E-state index contributed by atoms with van der Waals surface area (Å²) in [5, 5.41) is 19.6. The third-order valence-electron chi connectivity index (χ3n) is 2.68. The molecule has 0 saturated heterocycles. The Hall–Kier alpha value is -2.52. The van der Waals surface area contributed by atoms with E-state index in [1.54, 1.807) is 10.9 Å². The quantitative estimate of drug-likeness (QED) is 0.729. The molecule has 19 heavy (non-hydrogen) atoms. The standard InChI is InChI=1S/C13H9N5S/c14-9-11-12(8-10-4-2-1-3-5-10)18(17-16-11)13-15-6-7-19-13/h1-7H,8H2. The van der Waals surface area contributed by atoms with Gasteiger partial charge in [0.25, 0.3) is 0 Å². The third kappa shape index (κ3) is 2.23. The van der Waals surface area contributed by atoms with Gasteiger partial charge in [-0.3, -0.25) is 0 Å².